The minimum atomic E-state index is -0.750. The molecule has 6 rings (SSSR count). The number of carbonyl (C=O) groups excluding carboxylic acids is 2. The first kappa shape index (κ1) is 24.7. The minimum Gasteiger partial charge on any atom is -0.372 e. The van der Waals surface area contributed by atoms with Gasteiger partial charge in [-0.05, 0) is 73.6 Å². The fraction of sp³-hybridized carbons (Fsp3) is 0.375. The quantitative estimate of drug-likeness (QED) is 0.396. The van der Waals surface area contributed by atoms with Gasteiger partial charge in [-0.2, -0.15) is 0 Å². The normalized spacial score (nSPS) is 19.7. The van der Waals surface area contributed by atoms with E-state index in [9.17, 15) is 9.59 Å². The molecule has 1 spiro atoms. The Kier molecular flexibility index (Phi) is 6.66. The van der Waals surface area contributed by atoms with Crippen LogP contribution in [-0.4, -0.2) is 60.0 Å². The number of hydrogen-bond acceptors (Lipinski definition) is 4. The SMILES string of the molecule is CCN1C(=O)N(c2ccc(-c3ccccc3)cc2)C(=O)C12CCN(Cc1ccc(N3CCCC3)cc1)CC2. The highest BCUT2D eigenvalue weighted by atomic mass is 16.2. The monoisotopic (exact) mass is 508 g/mol. The van der Waals surface area contributed by atoms with Crippen LogP contribution in [0.15, 0.2) is 78.9 Å². The number of likely N-dealkylation sites (tertiary alicyclic amines) is 1. The van der Waals surface area contributed by atoms with Crippen molar-refractivity contribution < 1.29 is 9.59 Å². The highest BCUT2D eigenvalue weighted by Gasteiger charge is 2.57. The van der Waals surface area contributed by atoms with Crippen LogP contribution in [0.5, 0.6) is 0 Å². The largest absolute Gasteiger partial charge is 0.372 e. The first-order valence-corrected chi connectivity index (χ1v) is 14.0. The van der Waals surface area contributed by atoms with E-state index in [-0.39, 0.29) is 11.9 Å². The van der Waals surface area contributed by atoms with Crippen molar-refractivity contribution >= 4 is 23.3 Å². The van der Waals surface area contributed by atoms with E-state index in [0.717, 1.165) is 43.9 Å². The first-order valence-electron chi connectivity index (χ1n) is 14.0. The van der Waals surface area contributed by atoms with Crippen molar-refractivity contribution in [1.82, 2.24) is 9.80 Å². The van der Waals surface area contributed by atoms with Crippen LogP contribution in [0.2, 0.25) is 0 Å². The van der Waals surface area contributed by atoms with Crippen molar-refractivity contribution in [3.8, 4) is 11.1 Å². The lowest BCUT2D eigenvalue weighted by Gasteiger charge is -2.41. The first-order chi connectivity index (χ1) is 18.6. The van der Waals surface area contributed by atoms with Crippen LogP contribution in [0.25, 0.3) is 11.1 Å². The van der Waals surface area contributed by atoms with Crippen LogP contribution in [0.3, 0.4) is 0 Å². The van der Waals surface area contributed by atoms with Crippen molar-refractivity contribution in [2.75, 3.05) is 42.5 Å². The van der Waals surface area contributed by atoms with Crippen LogP contribution in [0.4, 0.5) is 16.2 Å². The van der Waals surface area contributed by atoms with E-state index in [1.807, 2.05) is 54.3 Å². The summed E-state index contributed by atoms with van der Waals surface area (Å²) in [5.74, 6) is -0.0774. The lowest BCUT2D eigenvalue weighted by molar-refractivity contribution is -0.127. The lowest BCUT2D eigenvalue weighted by Crippen LogP contribution is -2.56. The molecule has 196 valence electrons. The van der Waals surface area contributed by atoms with Gasteiger partial charge >= 0.3 is 6.03 Å². The molecule has 0 bridgehead atoms. The van der Waals surface area contributed by atoms with Gasteiger partial charge in [-0.15, -0.1) is 0 Å². The number of amides is 3. The molecule has 3 amide bonds. The zero-order valence-corrected chi connectivity index (χ0v) is 22.2. The third-order valence-electron chi connectivity index (χ3n) is 8.59. The van der Waals surface area contributed by atoms with Crippen molar-refractivity contribution in [1.29, 1.82) is 0 Å². The van der Waals surface area contributed by atoms with Gasteiger partial charge in [0, 0.05) is 45.0 Å². The maximum atomic E-state index is 13.9. The summed E-state index contributed by atoms with van der Waals surface area (Å²) in [4.78, 5) is 35.5. The van der Waals surface area contributed by atoms with E-state index in [4.69, 9.17) is 0 Å². The zero-order chi connectivity index (χ0) is 26.1. The third-order valence-corrected chi connectivity index (χ3v) is 8.59. The molecule has 3 saturated heterocycles. The molecule has 0 unspecified atom stereocenters. The van der Waals surface area contributed by atoms with Crippen LogP contribution >= 0.6 is 0 Å². The van der Waals surface area contributed by atoms with E-state index in [0.29, 0.717) is 25.1 Å². The van der Waals surface area contributed by atoms with Crippen molar-refractivity contribution in [3.05, 3.63) is 84.4 Å². The molecule has 3 aliphatic heterocycles. The Balaban J connectivity index is 1.14. The van der Waals surface area contributed by atoms with E-state index >= 15 is 0 Å². The summed E-state index contributed by atoms with van der Waals surface area (Å²) in [5.41, 5.74) is 4.69. The van der Waals surface area contributed by atoms with E-state index in [1.165, 1.54) is 29.0 Å². The van der Waals surface area contributed by atoms with E-state index in [2.05, 4.69) is 46.2 Å². The number of hydrogen-bond donors (Lipinski definition) is 0. The zero-order valence-electron chi connectivity index (χ0n) is 22.2. The Hall–Kier alpha value is -3.64. The molecule has 6 nitrogen and oxygen atoms in total. The summed E-state index contributed by atoms with van der Waals surface area (Å²) in [5, 5.41) is 0. The average Bonchev–Trinajstić information content (AvgIpc) is 3.57. The number of rotatable bonds is 6. The fourth-order valence-electron chi connectivity index (χ4n) is 6.42. The molecular weight excluding hydrogens is 472 g/mol. The van der Waals surface area contributed by atoms with Gasteiger partial charge in [0.05, 0.1) is 5.69 Å². The number of carbonyl (C=O) groups is 2. The molecule has 0 aromatic heterocycles. The summed E-state index contributed by atoms with van der Waals surface area (Å²) in [6, 6.07) is 26.7. The molecule has 0 radical (unpaired) electrons. The summed E-state index contributed by atoms with van der Waals surface area (Å²) < 4.78 is 0. The Labute approximate surface area is 225 Å². The fourth-order valence-corrected chi connectivity index (χ4v) is 6.42. The van der Waals surface area contributed by atoms with Gasteiger partial charge in [0.1, 0.15) is 5.54 Å². The van der Waals surface area contributed by atoms with E-state index in [1.54, 1.807) is 0 Å². The molecule has 0 saturated carbocycles. The second-order valence-electron chi connectivity index (χ2n) is 10.7. The number of anilines is 2. The van der Waals surface area contributed by atoms with E-state index < -0.39 is 5.54 Å². The Morgan fingerprint density at radius 1 is 0.711 bits per heavy atom. The van der Waals surface area contributed by atoms with Crippen molar-refractivity contribution in [3.63, 3.8) is 0 Å². The van der Waals surface area contributed by atoms with Crippen LogP contribution in [-0.2, 0) is 11.3 Å². The molecule has 3 fully saturated rings. The molecule has 0 N–H and O–H groups in total. The Morgan fingerprint density at radius 3 is 1.95 bits per heavy atom. The van der Waals surface area contributed by atoms with Crippen LogP contribution in [0, 0.1) is 0 Å². The Bertz CT molecular complexity index is 1280. The molecule has 3 aromatic rings. The third kappa shape index (κ3) is 4.37. The smallest absolute Gasteiger partial charge is 0.332 e. The molecule has 3 aliphatic rings. The number of likely N-dealkylation sites (N-methyl/N-ethyl adjacent to an activating group) is 1. The number of nitrogens with zero attached hydrogens (tertiary/aromatic N) is 4. The van der Waals surface area contributed by atoms with Gasteiger partial charge in [-0.25, -0.2) is 9.69 Å². The maximum Gasteiger partial charge on any atom is 0.332 e. The average molecular weight is 509 g/mol. The van der Waals surface area contributed by atoms with Gasteiger partial charge in [0.2, 0.25) is 0 Å². The Morgan fingerprint density at radius 2 is 1.32 bits per heavy atom. The standard InChI is InChI=1S/C32H36N4O2/c1-2-35-31(38)36(29-16-12-27(13-17-29)26-8-4-3-5-9-26)30(37)32(35)18-22-33(23-19-32)24-25-10-14-28(15-11-25)34-20-6-7-21-34/h3-5,8-17H,2,6-7,18-24H2,1H3. The molecular formula is C32H36N4O2. The predicted molar refractivity (Wildman–Crippen MR) is 152 cm³/mol. The van der Waals surface area contributed by atoms with Gasteiger partial charge in [-0.1, -0.05) is 54.6 Å². The summed E-state index contributed by atoms with van der Waals surface area (Å²) in [7, 11) is 0. The van der Waals surface area contributed by atoms with Gasteiger partial charge in [0.15, 0.2) is 0 Å². The summed E-state index contributed by atoms with van der Waals surface area (Å²) in [6.07, 6.45) is 3.89. The summed E-state index contributed by atoms with van der Waals surface area (Å²) in [6.45, 7) is 7.28. The predicted octanol–water partition coefficient (Wildman–Crippen LogP) is 5.78. The van der Waals surface area contributed by atoms with Crippen molar-refractivity contribution in [2.24, 2.45) is 0 Å². The topological polar surface area (TPSA) is 47.1 Å². The molecule has 0 aliphatic carbocycles. The second kappa shape index (κ2) is 10.3. The molecule has 6 heteroatoms. The molecule has 3 heterocycles. The maximum absolute atomic E-state index is 13.9. The van der Waals surface area contributed by atoms with Crippen LogP contribution in [0.1, 0.15) is 38.2 Å². The highest BCUT2D eigenvalue weighted by Crippen LogP contribution is 2.40. The molecule has 38 heavy (non-hydrogen) atoms. The van der Waals surface area contributed by atoms with Gasteiger partial charge in [-0.3, -0.25) is 9.69 Å². The number of piperidine rings is 1. The van der Waals surface area contributed by atoms with Gasteiger partial charge in [0.25, 0.3) is 5.91 Å². The van der Waals surface area contributed by atoms with Gasteiger partial charge < -0.3 is 9.80 Å². The second-order valence-corrected chi connectivity index (χ2v) is 10.7. The minimum absolute atomic E-state index is 0.0774. The van der Waals surface area contributed by atoms with Crippen molar-refractivity contribution in [2.45, 2.75) is 44.7 Å². The molecule has 3 aromatic carbocycles. The lowest BCUT2D eigenvalue weighted by atomic mass is 9.85. The van der Waals surface area contributed by atoms with Crippen LogP contribution < -0.4 is 9.80 Å². The number of imide groups is 1. The molecule has 0 atom stereocenters. The highest BCUT2D eigenvalue weighted by molar-refractivity contribution is 6.23. The number of benzene rings is 3. The summed E-state index contributed by atoms with van der Waals surface area (Å²) >= 11 is 0. The number of urea groups is 1.